The lowest BCUT2D eigenvalue weighted by Gasteiger charge is -2.05. The Balaban J connectivity index is 0.000000199. The van der Waals surface area contributed by atoms with Crippen LogP contribution in [0, 0.1) is 13.8 Å². The van der Waals surface area contributed by atoms with Gasteiger partial charge in [-0.3, -0.25) is 5.10 Å². The number of aromatic amines is 1. The zero-order valence-electron chi connectivity index (χ0n) is 16.4. The second-order valence-corrected chi connectivity index (χ2v) is 6.58. The number of aryl methyl sites for hydroxylation is 2. The minimum Gasteiger partial charge on any atom is -0.403 e. The van der Waals surface area contributed by atoms with Crippen LogP contribution in [0.2, 0.25) is 0 Å². The van der Waals surface area contributed by atoms with Crippen molar-refractivity contribution >= 4 is 16.9 Å². The van der Waals surface area contributed by atoms with Crippen molar-refractivity contribution in [2.24, 2.45) is 5.73 Å². The van der Waals surface area contributed by atoms with Gasteiger partial charge in [-0.25, -0.2) is 0 Å². The minimum absolute atomic E-state index is 0.379. The van der Waals surface area contributed by atoms with Crippen LogP contribution in [0.1, 0.15) is 16.8 Å². The number of H-pyrrole nitrogens is 1. The summed E-state index contributed by atoms with van der Waals surface area (Å²) in [6, 6.07) is 11.4. The third-order valence-electron chi connectivity index (χ3n) is 4.18. The number of hydrogen-bond acceptors (Lipinski definition) is 6. The van der Waals surface area contributed by atoms with Gasteiger partial charge < -0.3 is 15.5 Å². The van der Waals surface area contributed by atoms with Gasteiger partial charge >= 0.3 is 12.2 Å². The van der Waals surface area contributed by atoms with Crippen molar-refractivity contribution in [3.8, 4) is 11.5 Å². The second kappa shape index (κ2) is 8.95. The fourth-order valence-corrected chi connectivity index (χ4v) is 2.68. The molecule has 158 valence electrons. The largest absolute Gasteiger partial charge is 0.416 e. The highest BCUT2D eigenvalue weighted by molar-refractivity contribution is 5.85. The summed E-state index contributed by atoms with van der Waals surface area (Å²) in [5.74, 6) is 0.474. The van der Waals surface area contributed by atoms with E-state index in [9.17, 15) is 13.2 Å². The first kappa shape index (κ1) is 21.3. The van der Waals surface area contributed by atoms with Gasteiger partial charge in [-0.1, -0.05) is 28.9 Å². The maximum Gasteiger partial charge on any atom is 0.416 e. The monoisotopic (exact) mass is 418 g/mol. The summed E-state index contributed by atoms with van der Waals surface area (Å²) in [5.41, 5.74) is 8.23. The van der Waals surface area contributed by atoms with Crippen molar-refractivity contribution in [2.45, 2.75) is 20.0 Å². The van der Waals surface area contributed by atoms with E-state index in [1.807, 2.05) is 25.1 Å². The smallest absolute Gasteiger partial charge is 0.403 e. The van der Waals surface area contributed by atoms with Gasteiger partial charge in [0, 0.05) is 29.7 Å². The van der Waals surface area contributed by atoms with Crippen LogP contribution >= 0.6 is 0 Å². The first-order chi connectivity index (χ1) is 14.3. The molecule has 0 bridgehead atoms. The van der Waals surface area contributed by atoms with E-state index in [0.717, 1.165) is 34.3 Å². The van der Waals surface area contributed by atoms with E-state index in [1.165, 1.54) is 6.07 Å². The van der Waals surface area contributed by atoms with E-state index in [4.69, 9.17) is 10.2 Å². The molecule has 4 aromatic rings. The summed E-state index contributed by atoms with van der Waals surface area (Å²) in [6.45, 7) is 4.72. The summed E-state index contributed by atoms with van der Waals surface area (Å²) in [6.07, 6.45) is -4.22. The Morgan fingerprint density at radius 2 is 1.90 bits per heavy atom. The van der Waals surface area contributed by atoms with Gasteiger partial charge in [0.05, 0.1) is 11.1 Å². The van der Waals surface area contributed by atoms with Gasteiger partial charge in [-0.15, -0.1) is 5.10 Å². The number of benzene rings is 2. The van der Waals surface area contributed by atoms with Gasteiger partial charge in [-0.05, 0) is 38.1 Å². The number of anilines is 1. The fourth-order valence-electron chi connectivity index (χ4n) is 2.68. The van der Waals surface area contributed by atoms with Crippen molar-refractivity contribution < 1.29 is 17.6 Å². The molecule has 30 heavy (non-hydrogen) atoms. The Labute approximate surface area is 170 Å². The van der Waals surface area contributed by atoms with Crippen LogP contribution in [0.4, 0.5) is 19.2 Å². The summed E-state index contributed by atoms with van der Waals surface area (Å²) in [4.78, 5) is 0. The summed E-state index contributed by atoms with van der Waals surface area (Å²) < 4.78 is 41.4. The molecule has 0 aliphatic heterocycles. The Morgan fingerprint density at radius 1 is 1.10 bits per heavy atom. The van der Waals surface area contributed by atoms with Crippen molar-refractivity contribution in [3.63, 3.8) is 0 Å². The Bertz CT molecular complexity index is 1120. The highest BCUT2D eigenvalue weighted by Gasteiger charge is 2.29. The average molecular weight is 418 g/mol. The predicted octanol–water partition coefficient (Wildman–Crippen LogP) is 4.31. The molecule has 2 aromatic heterocycles. The van der Waals surface area contributed by atoms with E-state index in [-0.39, 0.29) is 0 Å². The third-order valence-corrected chi connectivity index (χ3v) is 4.18. The number of nitrogens with one attached hydrogen (secondary N) is 2. The van der Waals surface area contributed by atoms with E-state index in [0.29, 0.717) is 30.6 Å². The first-order valence-electron chi connectivity index (χ1n) is 9.14. The van der Waals surface area contributed by atoms with E-state index in [1.54, 1.807) is 13.0 Å². The highest BCUT2D eigenvalue weighted by atomic mass is 19.4. The predicted molar refractivity (Wildman–Crippen MR) is 108 cm³/mol. The molecule has 0 saturated carbocycles. The molecule has 0 aliphatic rings. The average Bonchev–Trinajstić information content (AvgIpc) is 3.33. The quantitative estimate of drug-likeness (QED) is 0.456. The lowest BCUT2D eigenvalue weighted by Crippen LogP contribution is -2.13. The zero-order chi connectivity index (χ0) is 21.7. The van der Waals surface area contributed by atoms with Crippen molar-refractivity contribution in [2.75, 3.05) is 18.4 Å². The van der Waals surface area contributed by atoms with Crippen LogP contribution in [0.25, 0.3) is 22.4 Å². The molecule has 0 atom stereocenters. The molecule has 4 rings (SSSR count). The van der Waals surface area contributed by atoms with Gasteiger partial charge in [-0.2, -0.15) is 18.3 Å². The molecular weight excluding hydrogens is 397 g/mol. The summed E-state index contributed by atoms with van der Waals surface area (Å²) >= 11 is 0. The second-order valence-electron chi connectivity index (χ2n) is 6.58. The molecule has 0 amide bonds. The molecule has 0 fully saturated rings. The van der Waals surface area contributed by atoms with E-state index >= 15 is 0 Å². The fraction of sp³-hybridized carbons (Fsp3) is 0.250. The van der Waals surface area contributed by atoms with Crippen LogP contribution in [0.3, 0.4) is 0 Å². The number of fused-ring (bicyclic) bond motifs is 1. The number of halogens is 3. The normalized spacial score (nSPS) is 11.3. The summed E-state index contributed by atoms with van der Waals surface area (Å²) in [7, 11) is 0. The molecule has 0 aliphatic carbocycles. The standard InChI is InChI=1S/C12H14N6O.C8H7F3/c1-7-9-6-8(2-3-10(9)16-15-7)11-17-18-12(19-11)14-5-4-13;1-6-3-2-4-7(5-6)8(9,10)11/h2-3,6H,4-5,13H2,1H3,(H,14,18)(H,15,16);2-5H,1H3. The number of rotatable bonds is 4. The summed E-state index contributed by atoms with van der Waals surface area (Å²) in [5, 5.41) is 19.0. The highest BCUT2D eigenvalue weighted by Crippen LogP contribution is 2.29. The third kappa shape index (κ3) is 5.15. The van der Waals surface area contributed by atoms with Crippen molar-refractivity contribution in [1.29, 1.82) is 0 Å². The Morgan fingerprint density at radius 3 is 2.57 bits per heavy atom. The molecule has 7 nitrogen and oxygen atoms in total. The van der Waals surface area contributed by atoms with Crippen LogP contribution in [0.5, 0.6) is 0 Å². The lowest BCUT2D eigenvalue weighted by atomic mass is 10.1. The van der Waals surface area contributed by atoms with Gasteiger partial charge in [0.25, 0.3) is 0 Å². The van der Waals surface area contributed by atoms with E-state index < -0.39 is 11.7 Å². The van der Waals surface area contributed by atoms with Gasteiger partial charge in [0.1, 0.15) is 0 Å². The van der Waals surface area contributed by atoms with Crippen molar-refractivity contribution in [3.05, 3.63) is 59.3 Å². The maximum atomic E-state index is 12.0. The minimum atomic E-state index is -4.22. The molecule has 0 spiro atoms. The zero-order valence-corrected chi connectivity index (χ0v) is 16.4. The van der Waals surface area contributed by atoms with Crippen LogP contribution in [-0.4, -0.2) is 33.5 Å². The number of nitrogens with zero attached hydrogens (tertiary/aromatic N) is 3. The molecule has 0 saturated heterocycles. The molecule has 2 heterocycles. The molecule has 4 N–H and O–H groups in total. The van der Waals surface area contributed by atoms with E-state index in [2.05, 4.69) is 25.7 Å². The van der Waals surface area contributed by atoms with Gasteiger partial charge in [0.15, 0.2) is 0 Å². The Kier molecular flexibility index (Phi) is 6.36. The molecule has 2 aromatic carbocycles. The maximum absolute atomic E-state index is 12.0. The van der Waals surface area contributed by atoms with Crippen LogP contribution in [0.15, 0.2) is 46.9 Å². The molecule has 0 radical (unpaired) electrons. The number of aromatic nitrogens is 4. The molecule has 10 heteroatoms. The van der Waals surface area contributed by atoms with Gasteiger partial charge in [0.2, 0.25) is 5.89 Å². The lowest BCUT2D eigenvalue weighted by molar-refractivity contribution is -0.137. The van der Waals surface area contributed by atoms with Crippen LogP contribution in [-0.2, 0) is 6.18 Å². The topological polar surface area (TPSA) is 106 Å². The molecular formula is C20H21F3N6O. The SMILES string of the molecule is Cc1[nH]nc2ccc(-c3nnc(NCCN)o3)cc12.Cc1cccc(C(F)(F)F)c1. The molecule has 0 unspecified atom stereocenters. The van der Waals surface area contributed by atoms with Crippen LogP contribution < -0.4 is 11.1 Å². The Hall–Kier alpha value is -3.40. The number of alkyl halides is 3. The first-order valence-corrected chi connectivity index (χ1v) is 9.14. The number of nitrogens with two attached hydrogens (primary N) is 1. The van der Waals surface area contributed by atoms with Crippen molar-refractivity contribution in [1.82, 2.24) is 20.4 Å². The number of hydrogen-bond donors (Lipinski definition) is 3.